The van der Waals surface area contributed by atoms with Crippen molar-refractivity contribution in [1.29, 1.82) is 0 Å². The summed E-state index contributed by atoms with van der Waals surface area (Å²) in [5.41, 5.74) is -5.57. The van der Waals surface area contributed by atoms with Gasteiger partial charge < -0.3 is 38.3 Å². The SMILES string of the molecule is CC(=O)O[C@H]1[C@@H](C)[C@H]2[C@H]([C@@H]3[C@@H](O)[C@@H]4[C@H]([C@H](C)[C@H]5O[C@]56OC(=O)[C@@](C)(OC(=O)C(C)C)[C@]46C)[C@]31C)[C@@H](OC(=O)C(C)C)C(=O)[C@H]1C[C@@H]3O[C@@H]3[C@H](OC(C)=O)[C@]21C. The molecule has 5 saturated carbocycles. The summed E-state index contributed by atoms with van der Waals surface area (Å²) in [5, 5.41) is 13.3. The van der Waals surface area contributed by atoms with Gasteiger partial charge in [0, 0.05) is 48.3 Å². The number of Topliss-reactive ketones (excluding diaryl/α,β-unsaturated/α-hetero) is 1. The second-order valence-electron chi connectivity index (χ2n) is 19.4. The molecule has 1 N–H and O–H groups in total. The maximum absolute atomic E-state index is 15.2. The van der Waals surface area contributed by atoms with E-state index >= 15 is 4.79 Å². The van der Waals surface area contributed by atoms with Crippen LogP contribution in [0.1, 0.15) is 89.5 Å². The molecule has 8 rings (SSSR count). The number of hydrogen-bond donors (Lipinski definition) is 1. The molecular formula is C41H56O14. The highest BCUT2D eigenvalue weighted by atomic mass is 16.8. The first-order chi connectivity index (χ1) is 25.5. The minimum atomic E-state index is -1.90. The smallest absolute Gasteiger partial charge is 0.353 e. The highest BCUT2D eigenvalue weighted by Crippen LogP contribution is 2.81. The number of fused-ring (bicyclic) bond motifs is 9. The predicted octanol–water partition coefficient (Wildman–Crippen LogP) is 3.17. The van der Waals surface area contributed by atoms with Gasteiger partial charge in [-0.3, -0.25) is 24.0 Å². The lowest BCUT2D eigenvalue weighted by Gasteiger charge is -2.66. The molecule has 20 atom stereocenters. The van der Waals surface area contributed by atoms with Crippen molar-refractivity contribution in [3.05, 3.63) is 0 Å². The van der Waals surface area contributed by atoms with E-state index in [1.165, 1.54) is 20.8 Å². The first-order valence-electron chi connectivity index (χ1n) is 20.0. The molecule has 8 aliphatic rings. The quantitative estimate of drug-likeness (QED) is 0.235. The second kappa shape index (κ2) is 11.7. The first kappa shape index (κ1) is 38.8. The Bertz CT molecular complexity index is 1760. The molecule has 3 heterocycles. The van der Waals surface area contributed by atoms with Gasteiger partial charge in [0.15, 0.2) is 11.9 Å². The number of hydrogen-bond acceptors (Lipinski definition) is 14. The van der Waals surface area contributed by atoms with Crippen molar-refractivity contribution in [3.8, 4) is 0 Å². The normalized spacial score (nSPS) is 53.6. The average Bonchev–Trinajstić information content (AvgIpc) is 3.99. The Morgan fingerprint density at radius 2 is 1.38 bits per heavy atom. The lowest BCUT2D eigenvalue weighted by atomic mass is 9.39. The van der Waals surface area contributed by atoms with Gasteiger partial charge in [0.1, 0.15) is 24.4 Å². The Labute approximate surface area is 321 Å². The van der Waals surface area contributed by atoms with E-state index in [-0.39, 0.29) is 17.8 Å². The van der Waals surface area contributed by atoms with Gasteiger partial charge in [-0.2, -0.15) is 0 Å². The van der Waals surface area contributed by atoms with E-state index in [0.29, 0.717) is 6.42 Å². The van der Waals surface area contributed by atoms with Gasteiger partial charge in [0.25, 0.3) is 5.79 Å². The molecule has 3 aliphatic heterocycles. The highest BCUT2D eigenvalue weighted by Gasteiger charge is 2.94. The van der Waals surface area contributed by atoms with E-state index in [4.69, 9.17) is 33.2 Å². The predicted molar refractivity (Wildman–Crippen MR) is 187 cm³/mol. The van der Waals surface area contributed by atoms with Crippen LogP contribution in [0.25, 0.3) is 0 Å². The van der Waals surface area contributed by atoms with Crippen molar-refractivity contribution in [2.75, 3.05) is 0 Å². The molecule has 1 spiro atoms. The third-order valence-corrected chi connectivity index (χ3v) is 16.2. The van der Waals surface area contributed by atoms with Crippen LogP contribution < -0.4 is 0 Å². The maximum Gasteiger partial charge on any atom is 0.353 e. The molecule has 55 heavy (non-hydrogen) atoms. The van der Waals surface area contributed by atoms with E-state index in [1.807, 2.05) is 27.7 Å². The summed E-state index contributed by atoms with van der Waals surface area (Å²) < 4.78 is 43.5. The third-order valence-electron chi connectivity index (χ3n) is 16.2. The molecule has 8 fully saturated rings. The van der Waals surface area contributed by atoms with Crippen LogP contribution in [0, 0.1) is 75.4 Å². The van der Waals surface area contributed by atoms with E-state index in [0.717, 1.165) is 0 Å². The van der Waals surface area contributed by atoms with Crippen LogP contribution in [0.2, 0.25) is 0 Å². The number of ketones is 1. The summed E-state index contributed by atoms with van der Waals surface area (Å²) in [6, 6.07) is 0. The van der Waals surface area contributed by atoms with Gasteiger partial charge in [-0.05, 0) is 43.9 Å². The number of aliphatic hydroxyl groups excluding tert-OH is 1. The number of aliphatic hydroxyl groups is 1. The molecule has 0 amide bonds. The van der Waals surface area contributed by atoms with Crippen LogP contribution >= 0.6 is 0 Å². The second-order valence-corrected chi connectivity index (χ2v) is 19.4. The summed E-state index contributed by atoms with van der Waals surface area (Å²) in [6.07, 6.45) is -5.47. The zero-order valence-electron chi connectivity index (χ0n) is 33.8. The first-order valence-corrected chi connectivity index (χ1v) is 20.0. The summed E-state index contributed by atoms with van der Waals surface area (Å²) in [5.74, 6) is -11.5. The number of ether oxygens (including phenoxy) is 7. The summed E-state index contributed by atoms with van der Waals surface area (Å²) in [7, 11) is 0. The number of rotatable bonds is 6. The van der Waals surface area contributed by atoms with E-state index in [1.54, 1.807) is 34.6 Å². The Balaban J connectivity index is 1.36. The van der Waals surface area contributed by atoms with Gasteiger partial charge in [-0.15, -0.1) is 0 Å². The Kier molecular flexibility index (Phi) is 8.27. The molecule has 0 aromatic rings. The Hall–Kier alpha value is -3.10. The molecule has 0 bridgehead atoms. The lowest BCUT2D eigenvalue weighted by molar-refractivity contribution is -0.255. The minimum Gasteiger partial charge on any atom is -0.462 e. The minimum absolute atomic E-state index is 0.326. The number of epoxide rings is 2. The largest absolute Gasteiger partial charge is 0.462 e. The summed E-state index contributed by atoms with van der Waals surface area (Å²) >= 11 is 0. The number of carbonyl (C=O) groups is 6. The van der Waals surface area contributed by atoms with Crippen molar-refractivity contribution in [1.82, 2.24) is 0 Å². The Morgan fingerprint density at radius 3 is 1.96 bits per heavy atom. The van der Waals surface area contributed by atoms with Crippen LogP contribution in [0.4, 0.5) is 0 Å². The van der Waals surface area contributed by atoms with Crippen molar-refractivity contribution < 1.29 is 67.0 Å². The molecule has 0 radical (unpaired) electrons. The van der Waals surface area contributed by atoms with Gasteiger partial charge in [-0.1, -0.05) is 55.4 Å². The van der Waals surface area contributed by atoms with E-state index in [9.17, 15) is 29.1 Å². The number of carbonyl (C=O) groups excluding carboxylic acids is 6. The van der Waals surface area contributed by atoms with Gasteiger partial charge in [0.05, 0.1) is 29.5 Å². The zero-order valence-corrected chi connectivity index (χ0v) is 33.8. The average molecular weight is 773 g/mol. The van der Waals surface area contributed by atoms with Crippen molar-refractivity contribution >= 4 is 35.6 Å². The van der Waals surface area contributed by atoms with Crippen molar-refractivity contribution in [3.63, 3.8) is 0 Å². The van der Waals surface area contributed by atoms with Crippen LogP contribution in [-0.4, -0.2) is 94.9 Å². The monoisotopic (exact) mass is 772 g/mol. The van der Waals surface area contributed by atoms with Crippen LogP contribution in [0.15, 0.2) is 0 Å². The molecule has 14 heteroatoms. The summed E-state index contributed by atoms with van der Waals surface area (Å²) in [4.78, 5) is 82.2. The van der Waals surface area contributed by atoms with Gasteiger partial charge in [0.2, 0.25) is 5.60 Å². The van der Waals surface area contributed by atoms with E-state index in [2.05, 4.69) is 0 Å². The fraction of sp³-hybridized carbons (Fsp3) is 0.854. The molecular weight excluding hydrogens is 716 g/mol. The molecule has 14 nitrogen and oxygen atoms in total. The fourth-order valence-corrected chi connectivity index (χ4v) is 14.0. The highest BCUT2D eigenvalue weighted by molar-refractivity contribution is 5.91. The van der Waals surface area contributed by atoms with Crippen molar-refractivity contribution in [2.24, 2.45) is 75.4 Å². The molecule has 0 aromatic carbocycles. The molecule has 3 saturated heterocycles. The maximum atomic E-state index is 15.2. The molecule has 304 valence electrons. The summed E-state index contributed by atoms with van der Waals surface area (Å²) in [6.45, 7) is 20.4. The standard InChI is InChI=1S/C41H56O14/c1-14(2)34(46)52-30-22-23(37(9)20(27(30)44)13-21-29(51-21)33(37)50-19(8)43)16(5)31(49-18(7)42)38(10)24-17(6)32-41(53-32)39(11,26(24)28(45)25(22)38)40(12,36(48)55-41)54-35(47)15(3)4/h14-17,20-26,28-33,45H,13H2,1-12H3/t16-,17-,20+,21-,22+,23-,24-,25+,26-,28+,29-,30+,31-,32+,33-,37-,38+,39-,40+,41-/m0/s1. The lowest BCUT2D eigenvalue weighted by Crippen LogP contribution is -2.72. The number of esters is 5. The topological polar surface area (TPSA) is 194 Å². The van der Waals surface area contributed by atoms with Crippen LogP contribution in [-0.2, 0) is 61.9 Å². The molecule has 0 aromatic heterocycles. The third kappa shape index (κ3) is 4.53. The Morgan fingerprint density at radius 1 is 0.782 bits per heavy atom. The van der Waals surface area contributed by atoms with Crippen LogP contribution in [0.5, 0.6) is 0 Å². The zero-order chi connectivity index (χ0) is 40.4. The molecule has 0 unspecified atom stereocenters. The fourth-order valence-electron chi connectivity index (χ4n) is 14.0. The van der Waals surface area contributed by atoms with Crippen LogP contribution in [0.3, 0.4) is 0 Å². The molecule has 5 aliphatic carbocycles. The van der Waals surface area contributed by atoms with Gasteiger partial charge >= 0.3 is 29.8 Å². The van der Waals surface area contributed by atoms with Crippen molar-refractivity contribution in [2.45, 2.75) is 144 Å². The van der Waals surface area contributed by atoms with Gasteiger partial charge in [-0.25, -0.2) is 4.79 Å². The van der Waals surface area contributed by atoms with E-state index < -0.39 is 147 Å².